The summed E-state index contributed by atoms with van der Waals surface area (Å²) in [6.07, 6.45) is 0. The Morgan fingerprint density at radius 1 is 1.08 bits per heavy atom. The fraction of sp³-hybridized carbons (Fsp3) is 0.611. The summed E-state index contributed by atoms with van der Waals surface area (Å²) in [7, 11) is 0. The van der Waals surface area contributed by atoms with Crippen molar-refractivity contribution in [3.05, 3.63) is 23.8 Å². The van der Waals surface area contributed by atoms with Gasteiger partial charge in [0.2, 0.25) is 0 Å². The summed E-state index contributed by atoms with van der Waals surface area (Å²) in [5.41, 5.74) is 0.986. The zero-order valence-electron chi connectivity index (χ0n) is 14.9. The fourth-order valence-electron chi connectivity index (χ4n) is 3.09. The molecule has 1 saturated heterocycles. The van der Waals surface area contributed by atoms with Crippen molar-refractivity contribution in [3.8, 4) is 11.5 Å². The number of urea groups is 1. The van der Waals surface area contributed by atoms with Crippen LogP contribution in [-0.2, 0) is 4.74 Å². The smallest absolute Gasteiger partial charge is 0.315 e. The summed E-state index contributed by atoms with van der Waals surface area (Å²) < 4.78 is 16.5. The quantitative estimate of drug-likeness (QED) is 0.844. The minimum Gasteiger partial charge on any atom is -0.486 e. The van der Waals surface area contributed by atoms with Gasteiger partial charge < -0.3 is 24.8 Å². The maximum atomic E-state index is 12.2. The van der Waals surface area contributed by atoms with E-state index in [0.717, 1.165) is 49.9 Å². The Labute approximate surface area is 148 Å². The van der Waals surface area contributed by atoms with Gasteiger partial charge in [0.25, 0.3) is 0 Å². The summed E-state index contributed by atoms with van der Waals surface area (Å²) in [6.45, 7) is 9.29. The molecule has 0 saturated carbocycles. The highest BCUT2D eigenvalue weighted by Gasteiger charge is 2.18. The summed E-state index contributed by atoms with van der Waals surface area (Å²) in [5.74, 6) is 1.49. The SMILES string of the molecule is C[C@H](CN1CCOCC1)NC(=O)N[C@@H](C)c1ccc2c(c1)OCCO2. The van der Waals surface area contributed by atoms with Crippen molar-refractivity contribution in [2.75, 3.05) is 46.1 Å². The molecule has 0 aliphatic carbocycles. The lowest BCUT2D eigenvalue weighted by molar-refractivity contribution is 0.0349. The van der Waals surface area contributed by atoms with Gasteiger partial charge in [0.05, 0.1) is 19.3 Å². The number of nitrogens with zero attached hydrogens (tertiary/aromatic N) is 1. The van der Waals surface area contributed by atoms with E-state index in [9.17, 15) is 4.79 Å². The fourth-order valence-corrected chi connectivity index (χ4v) is 3.09. The number of hydrogen-bond donors (Lipinski definition) is 2. The Bertz CT molecular complexity index is 590. The molecule has 1 aromatic carbocycles. The van der Waals surface area contributed by atoms with Crippen molar-refractivity contribution in [1.29, 1.82) is 0 Å². The van der Waals surface area contributed by atoms with Gasteiger partial charge in [0.1, 0.15) is 13.2 Å². The summed E-state index contributed by atoms with van der Waals surface area (Å²) in [5, 5.41) is 5.98. The molecule has 0 bridgehead atoms. The second-order valence-corrected chi connectivity index (χ2v) is 6.56. The van der Waals surface area contributed by atoms with Gasteiger partial charge in [-0.1, -0.05) is 6.07 Å². The van der Waals surface area contributed by atoms with Crippen molar-refractivity contribution in [3.63, 3.8) is 0 Å². The minimum atomic E-state index is -0.164. The molecule has 7 heteroatoms. The Morgan fingerprint density at radius 2 is 1.80 bits per heavy atom. The first-order chi connectivity index (χ1) is 12.1. The highest BCUT2D eigenvalue weighted by molar-refractivity contribution is 5.74. The van der Waals surface area contributed by atoms with Crippen LogP contribution in [0.15, 0.2) is 18.2 Å². The van der Waals surface area contributed by atoms with Gasteiger partial charge >= 0.3 is 6.03 Å². The van der Waals surface area contributed by atoms with E-state index in [0.29, 0.717) is 13.2 Å². The lowest BCUT2D eigenvalue weighted by Crippen LogP contribution is -2.48. The molecule has 2 aliphatic heterocycles. The minimum absolute atomic E-state index is 0.0746. The lowest BCUT2D eigenvalue weighted by atomic mass is 10.1. The average Bonchev–Trinajstić information content (AvgIpc) is 2.61. The second kappa shape index (κ2) is 8.40. The van der Waals surface area contributed by atoms with E-state index in [4.69, 9.17) is 14.2 Å². The molecular formula is C18H27N3O4. The van der Waals surface area contributed by atoms with Crippen LogP contribution in [-0.4, -0.2) is 63.0 Å². The van der Waals surface area contributed by atoms with Crippen LogP contribution in [0, 0.1) is 0 Å². The molecule has 0 aromatic heterocycles. The summed E-state index contributed by atoms with van der Waals surface area (Å²) >= 11 is 0. The van der Waals surface area contributed by atoms with E-state index < -0.39 is 0 Å². The van der Waals surface area contributed by atoms with Gasteiger partial charge in [0, 0.05) is 25.7 Å². The van der Waals surface area contributed by atoms with Crippen LogP contribution in [0.1, 0.15) is 25.5 Å². The maximum absolute atomic E-state index is 12.2. The van der Waals surface area contributed by atoms with Crippen molar-refractivity contribution in [1.82, 2.24) is 15.5 Å². The summed E-state index contributed by atoms with van der Waals surface area (Å²) in [4.78, 5) is 14.6. The third-order valence-corrected chi connectivity index (χ3v) is 4.43. The normalized spacial score (nSPS) is 19.8. The van der Waals surface area contributed by atoms with E-state index in [-0.39, 0.29) is 18.1 Å². The van der Waals surface area contributed by atoms with Crippen LogP contribution in [0.3, 0.4) is 0 Å². The number of rotatable bonds is 5. The number of carbonyl (C=O) groups is 1. The molecule has 138 valence electrons. The number of fused-ring (bicyclic) bond motifs is 1. The highest BCUT2D eigenvalue weighted by Crippen LogP contribution is 2.32. The van der Waals surface area contributed by atoms with Gasteiger partial charge in [0.15, 0.2) is 11.5 Å². The zero-order chi connectivity index (χ0) is 17.6. The van der Waals surface area contributed by atoms with Crippen LogP contribution < -0.4 is 20.1 Å². The third-order valence-electron chi connectivity index (χ3n) is 4.43. The number of benzene rings is 1. The van der Waals surface area contributed by atoms with Crippen LogP contribution >= 0.6 is 0 Å². The van der Waals surface area contributed by atoms with Gasteiger partial charge in [-0.2, -0.15) is 0 Å². The van der Waals surface area contributed by atoms with E-state index in [1.165, 1.54) is 0 Å². The van der Waals surface area contributed by atoms with E-state index in [1.54, 1.807) is 0 Å². The molecule has 2 atom stereocenters. The first kappa shape index (κ1) is 17.8. The van der Waals surface area contributed by atoms with Crippen LogP contribution in [0.5, 0.6) is 11.5 Å². The van der Waals surface area contributed by atoms with Crippen LogP contribution in [0.25, 0.3) is 0 Å². The molecule has 25 heavy (non-hydrogen) atoms. The largest absolute Gasteiger partial charge is 0.486 e. The molecule has 3 rings (SSSR count). The van der Waals surface area contributed by atoms with E-state index in [1.807, 2.05) is 32.0 Å². The molecule has 2 amide bonds. The van der Waals surface area contributed by atoms with Gasteiger partial charge in [-0.05, 0) is 31.5 Å². The predicted octanol–water partition coefficient (Wildman–Crippen LogP) is 1.54. The van der Waals surface area contributed by atoms with Crippen molar-refractivity contribution < 1.29 is 19.0 Å². The number of amides is 2. The van der Waals surface area contributed by atoms with Crippen molar-refractivity contribution in [2.24, 2.45) is 0 Å². The molecule has 0 unspecified atom stereocenters. The second-order valence-electron chi connectivity index (χ2n) is 6.56. The Balaban J connectivity index is 1.48. The Hall–Kier alpha value is -1.99. The molecule has 1 fully saturated rings. The van der Waals surface area contributed by atoms with E-state index >= 15 is 0 Å². The number of hydrogen-bond acceptors (Lipinski definition) is 5. The lowest BCUT2D eigenvalue weighted by Gasteiger charge is -2.29. The van der Waals surface area contributed by atoms with Crippen LogP contribution in [0.2, 0.25) is 0 Å². The standard InChI is InChI=1S/C18H27N3O4/c1-13(12-21-5-7-23-8-6-21)19-18(22)20-14(2)15-3-4-16-17(11-15)25-10-9-24-16/h3-4,11,13-14H,5-10,12H2,1-2H3,(H2,19,20,22)/t13-,14+/m1/s1. The van der Waals surface area contributed by atoms with Gasteiger partial charge in [-0.15, -0.1) is 0 Å². The number of ether oxygens (including phenoxy) is 3. The summed E-state index contributed by atoms with van der Waals surface area (Å²) in [6, 6.07) is 5.56. The predicted molar refractivity (Wildman–Crippen MR) is 94.2 cm³/mol. The van der Waals surface area contributed by atoms with E-state index in [2.05, 4.69) is 15.5 Å². The number of nitrogens with one attached hydrogen (secondary N) is 2. The first-order valence-electron chi connectivity index (χ1n) is 8.88. The molecule has 1 aromatic rings. The molecule has 7 nitrogen and oxygen atoms in total. The van der Waals surface area contributed by atoms with Gasteiger partial charge in [-0.25, -0.2) is 4.79 Å². The molecule has 2 heterocycles. The average molecular weight is 349 g/mol. The van der Waals surface area contributed by atoms with Crippen LogP contribution in [0.4, 0.5) is 4.79 Å². The first-order valence-corrected chi connectivity index (χ1v) is 8.88. The van der Waals surface area contributed by atoms with Gasteiger partial charge in [-0.3, -0.25) is 4.90 Å². The topological polar surface area (TPSA) is 72.1 Å². The van der Waals surface area contributed by atoms with Crippen molar-refractivity contribution in [2.45, 2.75) is 25.9 Å². The molecular weight excluding hydrogens is 322 g/mol. The third kappa shape index (κ3) is 4.99. The zero-order valence-corrected chi connectivity index (χ0v) is 14.9. The highest BCUT2D eigenvalue weighted by atomic mass is 16.6. The molecule has 2 N–H and O–H groups in total. The van der Waals surface area contributed by atoms with Crippen molar-refractivity contribution >= 4 is 6.03 Å². The number of carbonyl (C=O) groups excluding carboxylic acids is 1. The molecule has 2 aliphatic rings. The molecule has 0 spiro atoms. The Morgan fingerprint density at radius 3 is 2.56 bits per heavy atom. The molecule has 0 radical (unpaired) electrons. The monoisotopic (exact) mass is 349 g/mol. The maximum Gasteiger partial charge on any atom is 0.315 e. The Kier molecular flexibility index (Phi) is 5.99. The number of morpholine rings is 1.